The summed E-state index contributed by atoms with van der Waals surface area (Å²) in [4.78, 5) is 12.5. The van der Waals surface area contributed by atoms with Crippen LogP contribution in [0.3, 0.4) is 0 Å². The van der Waals surface area contributed by atoms with Gasteiger partial charge >= 0.3 is 0 Å². The molecule has 0 radical (unpaired) electrons. The largest absolute Gasteiger partial charge is 0.296 e. The number of carbonyl (C=O) groups is 1. The minimum absolute atomic E-state index is 0.0666. The quantitative estimate of drug-likeness (QED) is 0.649. The average molecular weight is 411 g/mol. The summed E-state index contributed by atoms with van der Waals surface area (Å²) in [6.07, 6.45) is 2.41. The number of rotatable bonds is 8. The minimum atomic E-state index is -3.63. The van der Waals surface area contributed by atoms with E-state index in [-0.39, 0.29) is 15.9 Å². The molecule has 2 rings (SSSR count). The zero-order chi connectivity index (χ0) is 20.1. The van der Waals surface area contributed by atoms with Gasteiger partial charge in [0.15, 0.2) is 0 Å². The molecular formula is C18H26N4O3S2. The Kier molecular flexibility index (Phi) is 7.07. The minimum Gasteiger partial charge on any atom is -0.296 e. The summed E-state index contributed by atoms with van der Waals surface area (Å²) in [6, 6.07) is 5.95. The lowest BCUT2D eigenvalue weighted by Gasteiger charge is -2.14. The Balaban J connectivity index is 2.09. The van der Waals surface area contributed by atoms with Crippen molar-refractivity contribution < 1.29 is 13.2 Å². The van der Waals surface area contributed by atoms with Gasteiger partial charge in [-0.15, -0.1) is 10.2 Å². The Hall–Kier alpha value is -1.84. The van der Waals surface area contributed by atoms with Gasteiger partial charge in [0.1, 0.15) is 5.01 Å². The summed E-state index contributed by atoms with van der Waals surface area (Å²) >= 11 is 1.32. The summed E-state index contributed by atoms with van der Waals surface area (Å²) in [5.74, 6) is -0.418. The number of hydrogen-bond acceptors (Lipinski definition) is 6. The second-order valence-electron chi connectivity index (χ2n) is 7.47. The lowest BCUT2D eigenvalue weighted by Crippen LogP contribution is -2.25. The van der Waals surface area contributed by atoms with Crippen molar-refractivity contribution in [1.82, 2.24) is 14.9 Å². The SMILES string of the molecule is CCCCNS(=O)(=O)c1cccc(C(=O)Nc2nnc(CC(C)(C)C)s2)c1. The molecule has 0 aliphatic heterocycles. The number of aromatic nitrogens is 2. The number of nitrogens with one attached hydrogen (secondary N) is 2. The molecule has 0 unspecified atom stereocenters. The third-order valence-electron chi connectivity index (χ3n) is 3.60. The van der Waals surface area contributed by atoms with Gasteiger partial charge in [-0.2, -0.15) is 0 Å². The fourth-order valence-electron chi connectivity index (χ4n) is 2.27. The van der Waals surface area contributed by atoms with Gasteiger partial charge in [0.25, 0.3) is 5.91 Å². The molecule has 1 heterocycles. The summed E-state index contributed by atoms with van der Waals surface area (Å²) in [7, 11) is -3.63. The van der Waals surface area contributed by atoms with Gasteiger partial charge in [-0.1, -0.05) is 51.5 Å². The lowest BCUT2D eigenvalue weighted by molar-refractivity contribution is 0.102. The van der Waals surface area contributed by atoms with Crippen molar-refractivity contribution in [2.75, 3.05) is 11.9 Å². The first-order valence-electron chi connectivity index (χ1n) is 8.84. The smallest absolute Gasteiger partial charge is 0.257 e. The predicted molar refractivity (Wildman–Crippen MR) is 108 cm³/mol. The number of benzene rings is 1. The van der Waals surface area contributed by atoms with E-state index in [1.807, 2.05) is 6.92 Å². The summed E-state index contributed by atoms with van der Waals surface area (Å²) in [5, 5.41) is 12.0. The third kappa shape index (κ3) is 6.67. The van der Waals surface area contributed by atoms with Crippen LogP contribution in [0.15, 0.2) is 29.2 Å². The number of carbonyl (C=O) groups excluding carboxylic acids is 1. The molecule has 0 aliphatic carbocycles. The van der Waals surface area contributed by atoms with Gasteiger partial charge in [0.05, 0.1) is 4.90 Å². The van der Waals surface area contributed by atoms with E-state index in [4.69, 9.17) is 0 Å². The Morgan fingerprint density at radius 3 is 2.63 bits per heavy atom. The summed E-state index contributed by atoms with van der Waals surface area (Å²) in [5.41, 5.74) is 0.329. The second-order valence-corrected chi connectivity index (χ2v) is 10.3. The van der Waals surface area contributed by atoms with E-state index in [1.165, 1.54) is 23.5 Å². The molecule has 9 heteroatoms. The first-order valence-corrected chi connectivity index (χ1v) is 11.1. The normalized spacial score (nSPS) is 12.1. The lowest BCUT2D eigenvalue weighted by atomic mass is 9.93. The van der Waals surface area contributed by atoms with E-state index in [9.17, 15) is 13.2 Å². The molecule has 0 spiro atoms. The molecule has 0 aliphatic rings. The maximum Gasteiger partial charge on any atom is 0.257 e. The van der Waals surface area contributed by atoms with Crippen LogP contribution in [0.5, 0.6) is 0 Å². The summed E-state index contributed by atoms with van der Waals surface area (Å²) in [6.45, 7) is 8.67. The number of unbranched alkanes of at least 4 members (excludes halogenated alkanes) is 1. The molecule has 0 fully saturated rings. The van der Waals surface area contributed by atoms with Crippen molar-refractivity contribution in [3.05, 3.63) is 34.8 Å². The molecule has 27 heavy (non-hydrogen) atoms. The number of sulfonamides is 1. The zero-order valence-corrected chi connectivity index (χ0v) is 17.7. The van der Waals surface area contributed by atoms with Crippen molar-refractivity contribution in [2.45, 2.75) is 51.9 Å². The van der Waals surface area contributed by atoms with Crippen molar-refractivity contribution in [1.29, 1.82) is 0 Å². The molecule has 2 N–H and O–H groups in total. The fourth-order valence-corrected chi connectivity index (χ4v) is 4.42. The summed E-state index contributed by atoms with van der Waals surface area (Å²) < 4.78 is 27.2. The van der Waals surface area contributed by atoms with Gasteiger partial charge in [0.2, 0.25) is 15.2 Å². The molecular weight excluding hydrogens is 384 g/mol. The van der Waals surface area contributed by atoms with Gasteiger partial charge in [-0.05, 0) is 30.0 Å². The molecule has 148 valence electrons. The molecule has 7 nitrogen and oxygen atoms in total. The molecule has 0 bridgehead atoms. The van der Waals surface area contributed by atoms with Crippen LogP contribution in [-0.4, -0.2) is 31.1 Å². The molecule has 0 saturated heterocycles. The topological polar surface area (TPSA) is 101 Å². The van der Waals surface area contributed by atoms with Crippen LogP contribution in [0, 0.1) is 5.41 Å². The van der Waals surface area contributed by atoms with E-state index < -0.39 is 15.9 Å². The first kappa shape index (κ1) is 21.5. The van der Waals surface area contributed by atoms with Crippen LogP contribution in [0.25, 0.3) is 0 Å². The van der Waals surface area contributed by atoms with E-state index in [0.29, 0.717) is 11.7 Å². The van der Waals surface area contributed by atoms with E-state index >= 15 is 0 Å². The van der Waals surface area contributed by atoms with E-state index in [0.717, 1.165) is 24.3 Å². The average Bonchev–Trinajstić information content (AvgIpc) is 3.00. The van der Waals surface area contributed by atoms with Crippen LogP contribution in [-0.2, 0) is 16.4 Å². The second kappa shape index (κ2) is 8.90. The van der Waals surface area contributed by atoms with Gasteiger partial charge < -0.3 is 0 Å². The number of hydrogen-bond donors (Lipinski definition) is 2. The van der Waals surface area contributed by atoms with Crippen molar-refractivity contribution >= 4 is 32.4 Å². The highest BCUT2D eigenvalue weighted by Gasteiger charge is 2.18. The van der Waals surface area contributed by atoms with Crippen molar-refractivity contribution in [3.8, 4) is 0 Å². The Morgan fingerprint density at radius 1 is 1.22 bits per heavy atom. The van der Waals surface area contributed by atoms with Crippen LogP contribution in [0.1, 0.15) is 55.9 Å². The Bertz CT molecular complexity index is 886. The molecule has 0 saturated carbocycles. The van der Waals surface area contributed by atoms with E-state index in [2.05, 4.69) is 41.0 Å². The van der Waals surface area contributed by atoms with Crippen LogP contribution < -0.4 is 10.0 Å². The molecule has 2 aromatic rings. The van der Waals surface area contributed by atoms with Crippen LogP contribution >= 0.6 is 11.3 Å². The monoisotopic (exact) mass is 410 g/mol. The fraction of sp³-hybridized carbons (Fsp3) is 0.500. The highest BCUT2D eigenvalue weighted by Crippen LogP contribution is 2.25. The highest BCUT2D eigenvalue weighted by molar-refractivity contribution is 7.89. The molecule has 1 amide bonds. The van der Waals surface area contributed by atoms with Gasteiger partial charge in [0, 0.05) is 18.5 Å². The van der Waals surface area contributed by atoms with E-state index in [1.54, 1.807) is 12.1 Å². The first-order chi connectivity index (χ1) is 12.6. The third-order valence-corrected chi connectivity index (χ3v) is 5.90. The van der Waals surface area contributed by atoms with Gasteiger partial charge in [-0.3, -0.25) is 10.1 Å². The maximum absolute atomic E-state index is 12.5. The Labute approximate surface area is 164 Å². The zero-order valence-electron chi connectivity index (χ0n) is 16.1. The van der Waals surface area contributed by atoms with Crippen molar-refractivity contribution in [2.24, 2.45) is 5.41 Å². The van der Waals surface area contributed by atoms with Gasteiger partial charge in [-0.25, -0.2) is 13.1 Å². The number of anilines is 1. The van der Waals surface area contributed by atoms with Crippen LogP contribution in [0.4, 0.5) is 5.13 Å². The number of nitrogens with zero attached hydrogens (tertiary/aromatic N) is 2. The predicted octanol–water partition coefficient (Wildman–Crippen LogP) is 3.46. The highest BCUT2D eigenvalue weighted by atomic mass is 32.2. The standard InChI is InChI=1S/C18H26N4O3S2/c1-5-6-10-19-27(24,25)14-9-7-8-13(11-14)16(23)20-17-22-21-15(26-17)12-18(2,3)4/h7-9,11,19H,5-6,10,12H2,1-4H3,(H,20,22,23). The number of amides is 1. The molecule has 0 atom stereocenters. The maximum atomic E-state index is 12.5. The van der Waals surface area contributed by atoms with Crippen LogP contribution in [0.2, 0.25) is 0 Å². The molecule has 1 aromatic carbocycles. The Morgan fingerprint density at radius 2 is 1.96 bits per heavy atom. The molecule has 1 aromatic heterocycles. The van der Waals surface area contributed by atoms with Crippen molar-refractivity contribution in [3.63, 3.8) is 0 Å².